The third kappa shape index (κ3) is 5.01. The van der Waals surface area contributed by atoms with Crippen molar-refractivity contribution in [1.82, 2.24) is 19.9 Å². The zero-order valence-electron chi connectivity index (χ0n) is 21.9. The van der Waals surface area contributed by atoms with Crippen LogP contribution in [0.5, 0.6) is 11.5 Å². The average Bonchev–Trinajstić information content (AvgIpc) is 3.46. The third-order valence-corrected chi connectivity index (χ3v) is 7.50. The van der Waals surface area contributed by atoms with Crippen molar-refractivity contribution in [3.05, 3.63) is 138 Å². The van der Waals surface area contributed by atoms with Gasteiger partial charge >= 0.3 is 0 Å². The highest BCUT2D eigenvalue weighted by atomic mass is 32.1. The molecule has 7 heteroatoms. The lowest BCUT2D eigenvalue weighted by molar-refractivity contribution is 0.482. The molecule has 1 N–H and O–H groups in total. The van der Waals surface area contributed by atoms with Gasteiger partial charge in [0.25, 0.3) is 0 Å². The predicted molar refractivity (Wildman–Crippen MR) is 158 cm³/mol. The van der Waals surface area contributed by atoms with Crippen LogP contribution in [0.4, 0.5) is 5.69 Å². The van der Waals surface area contributed by atoms with E-state index >= 15 is 0 Å². The van der Waals surface area contributed by atoms with Crippen LogP contribution in [-0.2, 0) is 6.54 Å². The Labute approximate surface area is 233 Å². The van der Waals surface area contributed by atoms with E-state index in [1.807, 2.05) is 73.1 Å². The minimum absolute atomic E-state index is 0.0814. The molecule has 6 nitrogen and oxygen atoms in total. The topological polar surface area (TPSA) is 55.2 Å². The Morgan fingerprint density at radius 2 is 1.64 bits per heavy atom. The molecule has 0 radical (unpaired) electrons. The first-order valence-electron chi connectivity index (χ1n) is 13.0. The maximum Gasteiger partial charge on any atom is 0.174 e. The van der Waals surface area contributed by atoms with Gasteiger partial charge in [0, 0.05) is 42.2 Å². The van der Waals surface area contributed by atoms with E-state index in [1.54, 1.807) is 6.20 Å². The fourth-order valence-electron chi connectivity index (χ4n) is 5.29. The highest BCUT2D eigenvalue weighted by Crippen LogP contribution is 2.43. The SMILES string of the molecule is Cc1cc([C@@H]2[C@@H](c3ccccn3)NC(=S)N2c2ccc(Oc3ccccc3)cc2)c(C)n1Cc1cccnc1. The van der Waals surface area contributed by atoms with Crippen molar-refractivity contribution >= 4 is 23.0 Å². The van der Waals surface area contributed by atoms with Crippen molar-refractivity contribution in [1.29, 1.82) is 0 Å². The van der Waals surface area contributed by atoms with Gasteiger partial charge in [-0.15, -0.1) is 0 Å². The number of ether oxygens (including phenoxy) is 1. The molecule has 4 heterocycles. The Kier molecular flexibility index (Phi) is 6.82. The molecule has 0 aliphatic carbocycles. The summed E-state index contributed by atoms with van der Waals surface area (Å²) in [5.74, 6) is 1.58. The molecule has 2 atom stereocenters. The van der Waals surface area contributed by atoms with Crippen molar-refractivity contribution in [2.45, 2.75) is 32.5 Å². The van der Waals surface area contributed by atoms with Gasteiger partial charge in [-0.25, -0.2) is 0 Å². The zero-order chi connectivity index (χ0) is 26.8. The van der Waals surface area contributed by atoms with E-state index in [9.17, 15) is 0 Å². The van der Waals surface area contributed by atoms with Crippen LogP contribution in [0.25, 0.3) is 0 Å². The third-order valence-electron chi connectivity index (χ3n) is 7.19. The maximum absolute atomic E-state index is 6.03. The number of thiocarbonyl (C=S) groups is 1. The summed E-state index contributed by atoms with van der Waals surface area (Å²) in [4.78, 5) is 11.2. The van der Waals surface area contributed by atoms with E-state index in [2.05, 4.69) is 63.9 Å². The summed E-state index contributed by atoms with van der Waals surface area (Å²) >= 11 is 5.94. The summed E-state index contributed by atoms with van der Waals surface area (Å²) in [7, 11) is 0. The molecule has 1 fully saturated rings. The summed E-state index contributed by atoms with van der Waals surface area (Å²) in [6, 6.07) is 30.1. The fourth-order valence-corrected chi connectivity index (χ4v) is 5.64. The highest BCUT2D eigenvalue weighted by molar-refractivity contribution is 7.80. The molecule has 194 valence electrons. The van der Waals surface area contributed by atoms with Crippen molar-refractivity contribution in [3.8, 4) is 11.5 Å². The molecule has 5 aromatic rings. The van der Waals surface area contributed by atoms with Crippen LogP contribution in [0.15, 0.2) is 110 Å². The Morgan fingerprint density at radius 3 is 2.36 bits per heavy atom. The number of pyridine rings is 2. The van der Waals surface area contributed by atoms with Gasteiger partial charge in [-0.2, -0.15) is 0 Å². The Balaban J connectivity index is 1.38. The number of aromatic nitrogens is 3. The quantitative estimate of drug-likeness (QED) is 0.230. The molecule has 0 spiro atoms. The van der Waals surface area contributed by atoms with Crippen LogP contribution in [-0.4, -0.2) is 19.6 Å². The predicted octanol–water partition coefficient (Wildman–Crippen LogP) is 6.91. The number of aryl methyl sites for hydroxylation is 1. The standard InChI is InChI=1S/C32H29N5OS/c1-22-19-28(23(2)36(22)21-24-9-8-17-33-20-24)31-30(29-12-6-7-18-34-29)35-32(39)37(31)25-13-15-27(16-14-25)38-26-10-4-3-5-11-26/h3-20,30-31H,21H2,1-2H3,(H,35,39)/t30-,31-/m1/s1. The molecule has 0 amide bonds. The zero-order valence-corrected chi connectivity index (χ0v) is 22.7. The van der Waals surface area contributed by atoms with Crippen LogP contribution >= 0.6 is 12.2 Å². The molecule has 1 aliphatic rings. The Hall–Kier alpha value is -4.49. The van der Waals surface area contributed by atoms with Crippen molar-refractivity contribution in [2.24, 2.45) is 0 Å². The number of hydrogen-bond donors (Lipinski definition) is 1. The molecule has 0 saturated carbocycles. The molecular weight excluding hydrogens is 502 g/mol. The maximum atomic E-state index is 6.03. The van der Waals surface area contributed by atoms with Crippen LogP contribution < -0.4 is 15.0 Å². The monoisotopic (exact) mass is 531 g/mol. The minimum atomic E-state index is -0.105. The molecule has 1 aliphatic heterocycles. The van der Waals surface area contributed by atoms with Gasteiger partial charge in [0.15, 0.2) is 5.11 Å². The summed E-state index contributed by atoms with van der Waals surface area (Å²) in [6.45, 7) is 5.10. The molecule has 1 saturated heterocycles. The summed E-state index contributed by atoms with van der Waals surface area (Å²) < 4.78 is 8.38. The second-order valence-electron chi connectivity index (χ2n) is 9.68. The number of para-hydroxylation sites is 1. The van der Waals surface area contributed by atoms with Crippen molar-refractivity contribution in [2.75, 3.05) is 4.90 Å². The smallest absolute Gasteiger partial charge is 0.174 e. The van der Waals surface area contributed by atoms with E-state index in [1.165, 1.54) is 17.0 Å². The average molecular weight is 532 g/mol. The molecule has 3 aromatic heterocycles. The van der Waals surface area contributed by atoms with E-state index < -0.39 is 0 Å². The number of hydrogen-bond acceptors (Lipinski definition) is 4. The van der Waals surface area contributed by atoms with Gasteiger partial charge in [-0.05, 0) is 97.9 Å². The van der Waals surface area contributed by atoms with Gasteiger partial charge in [0.05, 0.1) is 17.8 Å². The summed E-state index contributed by atoms with van der Waals surface area (Å²) in [5, 5.41) is 4.24. The lowest BCUT2D eigenvalue weighted by Crippen LogP contribution is -2.29. The molecule has 2 aromatic carbocycles. The molecule has 0 unspecified atom stereocenters. The van der Waals surface area contributed by atoms with Gasteiger partial charge in [0.2, 0.25) is 0 Å². The molecule has 39 heavy (non-hydrogen) atoms. The number of benzene rings is 2. The second-order valence-corrected chi connectivity index (χ2v) is 10.1. The second kappa shape index (κ2) is 10.7. The first-order chi connectivity index (χ1) is 19.1. The molecular formula is C32H29N5OS. The Bertz CT molecular complexity index is 1570. The van der Waals surface area contributed by atoms with Gasteiger partial charge in [-0.3, -0.25) is 9.97 Å². The van der Waals surface area contributed by atoms with Gasteiger partial charge in [0.1, 0.15) is 11.5 Å². The van der Waals surface area contributed by atoms with E-state index in [4.69, 9.17) is 21.9 Å². The van der Waals surface area contributed by atoms with Crippen molar-refractivity contribution in [3.63, 3.8) is 0 Å². The fraction of sp³-hybridized carbons (Fsp3) is 0.156. The number of nitrogens with zero attached hydrogens (tertiary/aromatic N) is 4. The summed E-state index contributed by atoms with van der Waals surface area (Å²) in [5.41, 5.74) is 6.71. The largest absolute Gasteiger partial charge is 0.457 e. The number of nitrogens with one attached hydrogen (secondary N) is 1. The number of anilines is 1. The Morgan fingerprint density at radius 1 is 0.872 bits per heavy atom. The first kappa shape index (κ1) is 24.8. The van der Waals surface area contributed by atoms with Crippen LogP contribution in [0.3, 0.4) is 0 Å². The highest BCUT2D eigenvalue weighted by Gasteiger charge is 2.42. The first-order valence-corrected chi connectivity index (χ1v) is 13.4. The van der Waals surface area contributed by atoms with Crippen LogP contribution in [0, 0.1) is 13.8 Å². The summed E-state index contributed by atoms with van der Waals surface area (Å²) in [6.07, 6.45) is 5.56. The molecule has 6 rings (SSSR count). The van der Waals surface area contributed by atoms with E-state index in [-0.39, 0.29) is 12.1 Å². The van der Waals surface area contributed by atoms with Crippen molar-refractivity contribution < 1.29 is 4.74 Å². The van der Waals surface area contributed by atoms with Crippen LogP contribution in [0.1, 0.15) is 40.3 Å². The lowest BCUT2D eigenvalue weighted by atomic mass is 9.96. The molecule has 0 bridgehead atoms. The minimum Gasteiger partial charge on any atom is -0.457 e. The van der Waals surface area contributed by atoms with E-state index in [0.29, 0.717) is 5.11 Å². The van der Waals surface area contributed by atoms with Gasteiger partial charge < -0.3 is 19.5 Å². The number of rotatable bonds is 7. The lowest BCUT2D eigenvalue weighted by Gasteiger charge is -2.28. The van der Waals surface area contributed by atoms with Crippen LogP contribution in [0.2, 0.25) is 0 Å². The van der Waals surface area contributed by atoms with E-state index in [0.717, 1.165) is 35.0 Å². The normalized spacial score (nSPS) is 16.8. The van der Waals surface area contributed by atoms with Gasteiger partial charge in [-0.1, -0.05) is 30.3 Å².